The van der Waals surface area contributed by atoms with E-state index in [4.69, 9.17) is 14.2 Å². The summed E-state index contributed by atoms with van der Waals surface area (Å²) in [7, 11) is 0. The van der Waals surface area contributed by atoms with Gasteiger partial charge in [-0.2, -0.15) is 0 Å². The van der Waals surface area contributed by atoms with Gasteiger partial charge in [-0.15, -0.1) is 0 Å². The Bertz CT molecular complexity index is 763. The van der Waals surface area contributed by atoms with Crippen LogP contribution in [0.3, 0.4) is 0 Å². The molecule has 0 N–H and O–H groups in total. The molecule has 0 saturated carbocycles. The van der Waals surface area contributed by atoms with E-state index >= 15 is 0 Å². The molecular weight excluding hydrogens is 345 g/mol. The minimum absolute atomic E-state index is 0.000681. The van der Waals surface area contributed by atoms with Crippen LogP contribution in [0.1, 0.15) is 18.1 Å². The highest BCUT2D eigenvalue weighted by Crippen LogP contribution is 2.19. The van der Waals surface area contributed by atoms with Crippen molar-refractivity contribution in [3.63, 3.8) is 0 Å². The minimum atomic E-state index is -1.02. The number of carbonyl (C=O) groups excluding carboxylic acids is 1. The van der Waals surface area contributed by atoms with Gasteiger partial charge in [-0.25, -0.2) is 9.18 Å². The largest absolute Gasteiger partial charge is 0.513 e. The first-order valence-electron chi connectivity index (χ1n) is 7.93. The highest BCUT2D eigenvalue weighted by molar-refractivity contribution is 5.63. The molecule has 2 rings (SSSR count). The van der Waals surface area contributed by atoms with Crippen LogP contribution in [0.4, 0.5) is 14.9 Å². The summed E-state index contributed by atoms with van der Waals surface area (Å²) in [6.45, 7) is 2.62. The number of hydrogen-bond donors (Lipinski definition) is 0. The van der Waals surface area contributed by atoms with E-state index in [1.165, 1.54) is 24.3 Å². The van der Waals surface area contributed by atoms with E-state index in [1.807, 2.05) is 6.92 Å². The number of ether oxygens (including phenoxy) is 3. The lowest BCUT2D eigenvalue weighted by atomic mass is 10.1. The molecule has 2 aromatic rings. The van der Waals surface area contributed by atoms with Gasteiger partial charge in [0.1, 0.15) is 0 Å². The summed E-state index contributed by atoms with van der Waals surface area (Å²) in [5.74, 6) is -0.917. The second-order valence-corrected chi connectivity index (χ2v) is 5.28. The van der Waals surface area contributed by atoms with Crippen molar-refractivity contribution >= 4 is 11.8 Å². The molecule has 8 heteroatoms. The molecule has 0 aliphatic carbocycles. The first-order chi connectivity index (χ1) is 12.5. The van der Waals surface area contributed by atoms with Gasteiger partial charge in [-0.1, -0.05) is 18.2 Å². The van der Waals surface area contributed by atoms with Gasteiger partial charge in [0.2, 0.25) is 0 Å². The maximum Gasteiger partial charge on any atom is 0.513 e. The van der Waals surface area contributed by atoms with Crippen LogP contribution in [0.2, 0.25) is 0 Å². The van der Waals surface area contributed by atoms with Crippen LogP contribution in [0.15, 0.2) is 42.5 Å². The van der Waals surface area contributed by atoms with Crippen LogP contribution in [0.25, 0.3) is 0 Å². The van der Waals surface area contributed by atoms with Crippen LogP contribution >= 0.6 is 0 Å². The van der Waals surface area contributed by atoms with Crippen molar-refractivity contribution in [1.82, 2.24) is 0 Å². The van der Waals surface area contributed by atoms with E-state index in [-0.39, 0.29) is 24.7 Å². The lowest BCUT2D eigenvalue weighted by Gasteiger charge is -2.08. The molecule has 7 nitrogen and oxygen atoms in total. The van der Waals surface area contributed by atoms with Gasteiger partial charge in [0.15, 0.2) is 11.6 Å². The van der Waals surface area contributed by atoms with Crippen molar-refractivity contribution in [1.29, 1.82) is 0 Å². The molecule has 0 fully saturated rings. The Balaban J connectivity index is 1.80. The monoisotopic (exact) mass is 363 g/mol. The van der Waals surface area contributed by atoms with Crippen molar-refractivity contribution in [3.05, 3.63) is 69.5 Å². The predicted octanol–water partition coefficient (Wildman–Crippen LogP) is 4.03. The van der Waals surface area contributed by atoms with Crippen molar-refractivity contribution < 1.29 is 28.3 Å². The van der Waals surface area contributed by atoms with Crippen molar-refractivity contribution in [2.45, 2.75) is 20.0 Å². The summed E-state index contributed by atoms with van der Waals surface area (Å²) in [6, 6.07) is 10.0. The van der Waals surface area contributed by atoms with Gasteiger partial charge in [0.25, 0.3) is 5.69 Å². The highest BCUT2D eigenvalue weighted by atomic mass is 19.1. The molecule has 0 amide bonds. The fourth-order valence-electron chi connectivity index (χ4n) is 2.09. The molecule has 0 heterocycles. The fraction of sp³-hybridized carbons (Fsp3) is 0.278. The first-order valence-corrected chi connectivity index (χ1v) is 7.93. The summed E-state index contributed by atoms with van der Waals surface area (Å²) in [6.07, 6.45) is -0.675. The molecule has 0 bridgehead atoms. The Labute approximate surface area is 149 Å². The Morgan fingerprint density at radius 1 is 1.15 bits per heavy atom. The van der Waals surface area contributed by atoms with Crippen LogP contribution in [-0.4, -0.2) is 24.3 Å². The average molecular weight is 363 g/mol. The molecule has 0 aliphatic heterocycles. The van der Waals surface area contributed by atoms with Gasteiger partial charge in [0.05, 0.1) is 18.1 Å². The third-order valence-corrected chi connectivity index (χ3v) is 3.42. The standard InChI is InChI=1S/C18H18FNO6/c1-2-24-12-14-5-8-17(16(19)11-14)26-18(21)25-10-9-13-3-6-15(7-4-13)20(22)23/h3-8,11H,2,9-10,12H2,1H3. The van der Waals surface area contributed by atoms with E-state index in [0.29, 0.717) is 18.6 Å². The quantitative estimate of drug-likeness (QED) is 0.304. The lowest BCUT2D eigenvalue weighted by Crippen LogP contribution is -2.13. The van der Waals surface area contributed by atoms with E-state index in [0.717, 1.165) is 5.56 Å². The molecule has 138 valence electrons. The van der Waals surface area contributed by atoms with Crippen molar-refractivity contribution in [3.8, 4) is 5.75 Å². The van der Waals surface area contributed by atoms with E-state index < -0.39 is 16.9 Å². The third-order valence-electron chi connectivity index (χ3n) is 3.42. The number of rotatable bonds is 8. The summed E-state index contributed by atoms with van der Waals surface area (Å²) >= 11 is 0. The molecule has 0 aliphatic rings. The summed E-state index contributed by atoms with van der Waals surface area (Å²) in [5, 5.41) is 10.6. The van der Waals surface area contributed by atoms with Crippen LogP contribution in [0.5, 0.6) is 5.75 Å². The first kappa shape index (κ1) is 19.3. The van der Waals surface area contributed by atoms with Crippen molar-refractivity contribution in [2.24, 2.45) is 0 Å². The average Bonchev–Trinajstić information content (AvgIpc) is 2.62. The molecule has 0 atom stereocenters. The van der Waals surface area contributed by atoms with Gasteiger partial charge in [-0.3, -0.25) is 10.1 Å². The number of benzene rings is 2. The highest BCUT2D eigenvalue weighted by Gasteiger charge is 2.12. The van der Waals surface area contributed by atoms with E-state index in [1.54, 1.807) is 18.2 Å². The third kappa shape index (κ3) is 5.82. The molecular formula is C18H18FNO6. The Hall–Kier alpha value is -3.00. The molecule has 26 heavy (non-hydrogen) atoms. The molecule has 0 spiro atoms. The number of nitro groups is 1. The second-order valence-electron chi connectivity index (χ2n) is 5.28. The maximum absolute atomic E-state index is 13.9. The molecule has 0 saturated heterocycles. The minimum Gasteiger partial charge on any atom is -0.434 e. The van der Waals surface area contributed by atoms with Gasteiger partial charge in [-0.05, 0) is 30.2 Å². The van der Waals surface area contributed by atoms with E-state index in [2.05, 4.69) is 0 Å². The molecule has 0 aromatic heterocycles. The van der Waals surface area contributed by atoms with Crippen molar-refractivity contribution in [2.75, 3.05) is 13.2 Å². The zero-order chi connectivity index (χ0) is 18.9. The zero-order valence-corrected chi connectivity index (χ0v) is 14.1. The topological polar surface area (TPSA) is 87.9 Å². The van der Waals surface area contributed by atoms with Crippen LogP contribution < -0.4 is 4.74 Å². The smallest absolute Gasteiger partial charge is 0.434 e. The SMILES string of the molecule is CCOCc1ccc(OC(=O)OCCc2ccc([N+](=O)[O-])cc2)c(F)c1. The number of carbonyl (C=O) groups is 1. The number of nitrogens with zero attached hydrogens (tertiary/aromatic N) is 1. The number of nitro benzene ring substituents is 1. The molecule has 2 aromatic carbocycles. The number of hydrogen-bond acceptors (Lipinski definition) is 6. The Morgan fingerprint density at radius 3 is 2.46 bits per heavy atom. The number of non-ortho nitro benzene ring substituents is 1. The van der Waals surface area contributed by atoms with Crippen LogP contribution in [-0.2, 0) is 22.5 Å². The summed E-state index contributed by atoms with van der Waals surface area (Å²) < 4.78 is 28.8. The zero-order valence-electron chi connectivity index (χ0n) is 14.1. The fourth-order valence-corrected chi connectivity index (χ4v) is 2.09. The second kappa shape index (κ2) is 9.47. The predicted molar refractivity (Wildman–Crippen MR) is 90.5 cm³/mol. The molecule has 0 unspecified atom stereocenters. The Kier molecular flexibility index (Phi) is 7.04. The lowest BCUT2D eigenvalue weighted by molar-refractivity contribution is -0.384. The summed E-state index contributed by atoms with van der Waals surface area (Å²) in [5.41, 5.74) is 1.37. The van der Waals surface area contributed by atoms with Gasteiger partial charge in [0, 0.05) is 25.2 Å². The van der Waals surface area contributed by atoms with Crippen LogP contribution in [0, 0.1) is 15.9 Å². The Morgan fingerprint density at radius 2 is 1.85 bits per heavy atom. The normalized spacial score (nSPS) is 10.4. The molecule has 0 radical (unpaired) electrons. The van der Waals surface area contributed by atoms with Gasteiger partial charge < -0.3 is 14.2 Å². The van der Waals surface area contributed by atoms with E-state index in [9.17, 15) is 19.3 Å². The number of halogens is 1. The van der Waals surface area contributed by atoms with Gasteiger partial charge >= 0.3 is 6.16 Å². The maximum atomic E-state index is 13.9. The summed E-state index contributed by atoms with van der Waals surface area (Å²) in [4.78, 5) is 21.7.